The number of benzene rings is 2. The van der Waals surface area contributed by atoms with Crippen molar-refractivity contribution in [3.8, 4) is 23.0 Å². The zero-order valence-corrected chi connectivity index (χ0v) is 15.8. The van der Waals surface area contributed by atoms with Crippen LogP contribution in [-0.2, 0) is 0 Å². The maximum absolute atomic E-state index is 9.69. The molecule has 0 aliphatic heterocycles. The first-order chi connectivity index (χ1) is 12.5. The summed E-state index contributed by atoms with van der Waals surface area (Å²) in [6.45, 7) is 7.15. The summed E-state index contributed by atoms with van der Waals surface area (Å²) in [4.78, 5) is 0. The molecule has 138 valence electrons. The van der Waals surface area contributed by atoms with Gasteiger partial charge < -0.3 is 19.3 Å². The van der Waals surface area contributed by atoms with Crippen molar-refractivity contribution < 1.29 is 19.3 Å². The summed E-state index contributed by atoms with van der Waals surface area (Å²) >= 11 is 0. The molecule has 2 aromatic rings. The van der Waals surface area contributed by atoms with E-state index in [1.165, 1.54) is 12.7 Å². The first-order valence-electron chi connectivity index (χ1n) is 8.61. The summed E-state index contributed by atoms with van der Waals surface area (Å²) in [5, 5.41) is 9.69. The Kier molecular flexibility index (Phi) is 7.15. The van der Waals surface area contributed by atoms with E-state index < -0.39 is 0 Å². The topological polar surface area (TPSA) is 47.9 Å². The van der Waals surface area contributed by atoms with E-state index in [1.54, 1.807) is 12.1 Å². The Morgan fingerprint density at radius 1 is 0.962 bits per heavy atom. The molecule has 0 amide bonds. The van der Waals surface area contributed by atoms with E-state index in [0.717, 1.165) is 22.6 Å². The largest absolute Gasteiger partial charge is 0.504 e. The standard InChI is InChI=1S/C22H26O4/c1-5-25-19-12-18(13-20(15-19)26-11-10-16(2)3)7-6-17-8-9-21(23)22(14-17)24-4/h6-10,12-15,23H,5,11H2,1-4H3. The van der Waals surface area contributed by atoms with Gasteiger partial charge in [0.15, 0.2) is 11.5 Å². The first kappa shape index (κ1) is 19.4. The molecule has 4 heteroatoms. The smallest absolute Gasteiger partial charge is 0.161 e. The second kappa shape index (κ2) is 9.56. The Balaban J connectivity index is 2.23. The Labute approximate surface area is 155 Å². The minimum Gasteiger partial charge on any atom is -0.504 e. The number of phenolic OH excluding ortho intramolecular Hbond substituents is 1. The summed E-state index contributed by atoms with van der Waals surface area (Å²) in [6, 6.07) is 11.0. The van der Waals surface area contributed by atoms with Crippen molar-refractivity contribution in [2.45, 2.75) is 20.8 Å². The number of ether oxygens (including phenoxy) is 3. The van der Waals surface area contributed by atoms with Gasteiger partial charge >= 0.3 is 0 Å². The van der Waals surface area contributed by atoms with Crippen LogP contribution in [0.15, 0.2) is 48.0 Å². The molecule has 2 aromatic carbocycles. The fraction of sp³-hybridized carbons (Fsp3) is 0.273. The van der Waals surface area contributed by atoms with Crippen molar-refractivity contribution >= 4 is 12.2 Å². The van der Waals surface area contributed by atoms with Crippen LogP contribution in [0.25, 0.3) is 12.2 Å². The highest BCUT2D eigenvalue weighted by Crippen LogP contribution is 2.28. The summed E-state index contributed by atoms with van der Waals surface area (Å²) in [6.07, 6.45) is 5.96. The van der Waals surface area contributed by atoms with Crippen LogP contribution in [-0.4, -0.2) is 25.4 Å². The van der Waals surface area contributed by atoms with Crippen LogP contribution < -0.4 is 14.2 Å². The number of methoxy groups -OCH3 is 1. The number of allylic oxidation sites excluding steroid dienone is 1. The predicted octanol–water partition coefficient (Wildman–Crippen LogP) is 5.31. The lowest BCUT2D eigenvalue weighted by atomic mass is 10.1. The van der Waals surface area contributed by atoms with Crippen molar-refractivity contribution in [2.75, 3.05) is 20.3 Å². The average Bonchev–Trinajstić information content (AvgIpc) is 2.61. The lowest BCUT2D eigenvalue weighted by molar-refractivity contribution is 0.330. The molecule has 0 saturated heterocycles. The lowest BCUT2D eigenvalue weighted by Gasteiger charge is -2.09. The van der Waals surface area contributed by atoms with Gasteiger partial charge in [0, 0.05) is 6.07 Å². The van der Waals surface area contributed by atoms with Gasteiger partial charge in [0.1, 0.15) is 18.1 Å². The fourth-order valence-corrected chi connectivity index (χ4v) is 2.32. The molecule has 2 rings (SSSR count). The molecule has 1 N–H and O–H groups in total. The maximum atomic E-state index is 9.69. The van der Waals surface area contributed by atoms with Gasteiger partial charge in [-0.2, -0.15) is 0 Å². The second-order valence-electron chi connectivity index (χ2n) is 6.03. The average molecular weight is 354 g/mol. The van der Waals surface area contributed by atoms with Crippen LogP contribution in [0.5, 0.6) is 23.0 Å². The third kappa shape index (κ3) is 5.88. The summed E-state index contributed by atoms with van der Waals surface area (Å²) in [7, 11) is 1.53. The number of hydrogen-bond acceptors (Lipinski definition) is 4. The Hall–Kier alpha value is -2.88. The highest BCUT2D eigenvalue weighted by molar-refractivity contribution is 5.72. The summed E-state index contributed by atoms with van der Waals surface area (Å²) in [5.41, 5.74) is 3.11. The Morgan fingerprint density at radius 2 is 1.65 bits per heavy atom. The Morgan fingerprint density at radius 3 is 2.31 bits per heavy atom. The second-order valence-corrected chi connectivity index (χ2v) is 6.03. The fourth-order valence-electron chi connectivity index (χ4n) is 2.32. The van der Waals surface area contributed by atoms with E-state index in [-0.39, 0.29) is 5.75 Å². The molecule has 0 heterocycles. The van der Waals surface area contributed by atoms with Crippen LogP contribution in [0.3, 0.4) is 0 Å². The molecule has 26 heavy (non-hydrogen) atoms. The van der Waals surface area contributed by atoms with Crippen LogP contribution >= 0.6 is 0 Å². The normalized spacial score (nSPS) is 10.6. The van der Waals surface area contributed by atoms with E-state index >= 15 is 0 Å². The molecular weight excluding hydrogens is 328 g/mol. The van der Waals surface area contributed by atoms with Crippen LogP contribution in [0.4, 0.5) is 0 Å². The van der Waals surface area contributed by atoms with Gasteiger partial charge in [-0.3, -0.25) is 0 Å². The van der Waals surface area contributed by atoms with E-state index in [2.05, 4.69) is 0 Å². The monoisotopic (exact) mass is 354 g/mol. The molecule has 0 fully saturated rings. The van der Waals surface area contributed by atoms with Crippen molar-refractivity contribution in [2.24, 2.45) is 0 Å². The zero-order chi connectivity index (χ0) is 18.9. The minimum atomic E-state index is 0.123. The molecule has 0 saturated carbocycles. The number of hydrogen-bond donors (Lipinski definition) is 1. The predicted molar refractivity (Wildman–Crippen MR) is 106 cm³/mol. The van der Waals surface area contributed by atoms with E-state index in [1.807, 2.05) is 63.3 Å². The van der Waals surface area contributed by atoms with Crippen molar-refractivity contribution in [3.63, 3.8) is 0 Å². The highest BCUT2D eigenvalue weighted by Gasteiger charge is 2.03. The van der Waals surface area contributed by atoms with Gasteiger partial charge in [-0.25, -0.2) is 0 Å². The molecule has 4 nitrogen and oxygen atoms in total. The quantitative estimate of drug-likeness (QED) is 0.515. The van der Waals surface area contributed by atoms with E-state index in [4.69, 9.17) is 14.2 Å². The summed E-state index contributed by atoms with van der Waals surface area (Å²) in [5.74, 6) is 2.10. The van der Waals surface area contributed by atoms with E-state index in [0.29, 0.717) is 19.0 Å². The number of rotatable bonds is 8. The van der Waals surface area contributed by atoms with Gasteiger partial charge in [0.25, 0.3) is 0 Å². The molecular formula is C22H26O4. The van der Waals surface area contributed by atoms with E-state index in [9.17, 15) is 5.11 Å². The highest BCUT2D eigenvalue weighted by atomic mass is 16.5. The lowest BCUT2D eigenvalue weighted by Crippen LogP contribution is -1.97. The Bertz CT molecular complexity index is 787. The van der Waals surface area contributed by atoms with Gasteiger partial charge in [-0.05, 0) is 62.2 Å². The van der Waals surface area contributed by atoms with Gasteiger partial charge in [-0.15, -0.1) is 0 Å². The van der Waals surface area contributed by atoms with Crippen molar-refractivity contribution in [1.82, 2.24) is 0 Å². The van der Waals surface area contributed by atoms with Crippen LogP contribution in [0, 0.1) is 0 Å². The third-order valence-electron chi connectivity index (χ3n) is 3.63. The number of aromatic hydroxyl groups is 1. The molecule has 0 radical (unpaired) electrons. The molecule has 0 unspecified atom stereocenters. The molecule has 0 aromatic heterocycles. The zero-order valence-electron chi connectivity index (χ0n) is 15.8. The van der Waals surface area contributed by atoms with Crippen molar-refractivity contribution in [3.05, 3.63) is 59.2 Å². The van der Waals surface area contributed by atoms with Crippen LogP contribution in [0.2, 0.25) is 0 Å². The SMILES string of the molecule is CCOc1cc(C=Cc2ccc(O)c(OC)c2)cc(OCC=C(C)C)c1. The van der Waals surface area contributed by atoms with Crippen LogP contribution in [0.1, 0.15) is 31.9 Å². The molecule has 0 aliphatic rings. The third-order valence-corrected chi connectivity index (χ3v) is 3.63. The first-order valence-corrected chi connectivity index (χ1v) is 8.61. The molecule has 0 bridgehead atoms. The molecule has 0 aliphatic carbocycles. The maximum Gasteiger partial charge on any atom is 0.161 e. The van der Waals surface area contributed by atoms with Gasteiger partial charge in [-0.1, -0.05) is 23.8 Å². The van der Waals surface area contributed by atoms with Gasteiger partial charge in [0.05, 0.1) is 13.7 Å². The van der Waals surface area contributed by atoms with Crippen molar-refractivity contribution in [1.29, 1.82) is 0 Å². The molecule has 0 atom stereocenters. The summed E-state index contributed by atoms with van der Waals surface area (Å²) < 4.78 is 16.6. The van der Waals surface area contributed by atoms with Gasteiger partial charge in [0.2, 0.25) is 0 Å². The minimum absolute atomic E-state index is 0.123. The number of phenols is 1. The molecule has 0 spiro atoms.